The van der Waals surface area contributed by atoms with Crippen LogP contribution in [-0.2, 0) is 10.0 Å². The first-order valence-corrected chi connectivity index (χ1v) is 11.2. The molecule has 0 atom stereocenters. The third kappa shape index (κ3) is 3.60. The van der Waals surface area contributed by atoms with Gasteiger partial charge in [0.25, 0.3) is 5.91 Å². The molecular formula is C19H20N4O3S2. The quantitative estimate of drug-likeness (QED) is 0.624. The standard InChI is InChI=1S/C19H20N4O3S2/c1-13-5-4-6-16-17(13)20-19(27-16)22-21-18(24)14-7-9-15(10-8-14)28(25,26)23-11-2-3-12-23/h4-10H,2-3,11-12H2,1H3,(H,20,22)(H,21,24). The lowest BCUT2D eigenvalue weighted by molar-refractivity contribution is 0.0962. The van der Waals surface area contributed by atoms with Crippen LogP contribution in [0.4, 0.5) is 5.13 Å². The van der Waals surface area contributed by atoms with Crippen molar-refractivity contribution in [1.82, 2.24) is 14.7 Å². The van der Waals surface area contributed by atoms with Crippen LogP contribution >= 0.6 is 11.3 Å². The van der Waals surface area contributed by atoms with Gasteiger partial charge in [0.15, 0.2) is 0 Å². The maximum atomic E-state index is 12.5. The van der Waals surface area contributed by atoms with Crippen LogP contribution in [0.2, 0.25) is 0 Å². The maximum Gasteiger partial charge on any atom is 0.269 e. The number of carbonyl (C=O) groups excluding carboxylic acids is 1. The molecule has 2 N–H and O–H groups in total. The number of benzene rings is 2. The van der Waals surface area contributed by atoms with Gasteiger partial charge in [0.05, 0.1) is 15.1 Å². The zero-order valence-corrected chi connectivity index (χ0v) is 16.9. The van der Waals surface area contributed by atoms with Crippen LogP contribution in [0.25, 0.3) is 10.2 Å². The zero-order chi connectivity index (χ0) is 19.7. The molecule has 1 fully saturated rings. The molecule has 0 unspecified atom stereocenters. The van der Waals surface area contributed by atoms with Gasteiger partial charge in [0.2, 0.25) is 15.2 Å². The molecule has 1 aliphatic heterocycles. The smallest absolute Gasteiger partial charge is 0.269 e. The minimum absolute atomic E-state index is 0.209. The van der Waals surface area contributed by atoms with Crippen molar-refractivity contribution < 1.29 is 13.2 Å². The molecule has 1 amide bonds. The minimum Gasteiger partial charge on any atom is -0.273 e. The van der Waals surface area contributed by atoms with Crippen LogP contribution in [0.1, 0.15) is 28.8 Å². The van der Waals surface area contributed by atoms with E-state index >= 15 is 0 Å². The van der Waals surface area contributed by atoms with E-state index in [1.54, 1.807) is 0 Å². The third-order valence-electron chi connectivity index (χ3n) is 4.72. The largest absolute Gasteiger partial charge is 0.273 e. The second kappa shape index (κ2) is 7.50. The molecule has 28 heavy (non-hydrogen) atoms. The molecule has 3 aromatic rings. The Morgan fingerprint density at radius 1 is 1.11 bits per heavy atom. The van der Waals surface area contributed by atoms with E-state index in [4.69, 9.17) is 0 Å². The summed E-state index contributed by atoms with van der Waals surface area (Å²) >= 11 is 1.45. The van der Waals surface area contributed by atoms with Gasteiger partial charge >= 0.3 is 0 Å². The number of hydrogen-bond acceptors (Lipinski definition) is 6. The van der Waals surface area contributed by atoms with Crippen molar-refractivity contribution in [2.24, 2.45) is 0 Å². The second-order valence-corrected chi connectivity index (χ2v) is 9.62. The van der Waals surface area contributed by atoms with E-state index in [2.05, 4.69) is 15.8 Å². The van der Waals surface area contributed by atoms with Crippen molar-refractivity contribution in [2.45, 2.75) is 24.7 Å². The summed E-state index contributed by atoms with van der Waals surface area (Å²) in [5.74, 6) is -0.360. The van der Waals surface area contributed by atoms with E-state index in [1.165, 1.54) is 39.9 Å². The van der Waals surface area contributed by atoms with Crippen LogP contribution < -0.4 is 10.9 Å². The Morgan fingerprint density at radius 3 is 2.50 bits per heavy atom. The fourth-order valence-electron chi connectivity index (χ4n) is 3.18. The van der Waals surface area contributed by atoms with E-state index in [-0.39, 0.29) is 10.8 Å². The molecule has 0 saturated carbocycles. The summed E-state index contributed by atoms with van der Waals surface area (Å²) in [4.78, 5) is 17.0. The van der Waals surface area contributed by atoms with E-state index < -0.39 is 10.0 Å². The molecule has 146 valence electrons. The maximum absolute atomic E-state index is 12.5. The van der Waals surface area contributed by atoms with Crippen molar-refractivity contribution in [1.29, 1.82) is 0 Å². The normalized spacial score (nSPS) is 15.0. The summed E-state index contributed by atoms with van der Waals surface area (Å²) in [6.45, 7) is 3.09. The molecule has 1 aromatic heterocycles. The summed E-state index contributed by atoms with van der Waals surface area (Å²) in [6, 6.07) is 11.9. The van der Waals surface area contributed by atoms with Crippen LogP contribution in [0.3, 0.4) is 0 Å². The van der Waals surface area contributed by atoms with Gasteiger partial charge in [-0.25, -0.2) is 13.4 Å². The van der Waals surface area contributed by atoms with Gasteiger partial charge in [-0.05, 0) is 55.7 Å². The van der Waals surface area contributed by atoms with Crippen LogP contribution in [0, 0.1) is 6.92 Å². The van der Waals surface area contributed by atoms with Gasteiger partial charge in [-0.15, -0.1) is 0 Å². The number of amides is 1. The van der Waals surface area contributed by atoms with Gasteiger partial charge in [0, 0.05) is 18.7 Å². The SMILES string of the molecule is Cc1cccc2sc(NNC(=O)c3ccc(S(=O)(=O)N4CCCC4)cc3)nc12. The van der Waals surface area contributed by atoms with Crippen LogP contribution in [-0.4, -0.2) is 36.7 Å². The fraction of sp³-hybridized carbons (Fsp3) is 0.263. The second-order valence-electron chi connectivity index (χ2n) is 6.66. The number of sulfonamides is 1. The average Bonchev–Trinajstić information content (AvgIpc) is 3.37. The van der Waals surface area contributed by atoms with Gasteiger partial charge in [0.1, 0.15) is 0 Å². The highest BCUT2D eigenvalue weighted by atomic mass is 32.2. The van der Waals surface area contributed by atoms with Gasteiger partial charge in [-0.2, -0.15) is 4.31 Å². The Hall–Kier alpha value is -2.49. The fourth-order valence-corrected chi connectivity index (χ4v) is 5.59. The van der Waals surface area contributed by atoms with Crippen LogP contribution in [0.5, 0.6) is 0 Å². The number of fused-ring (bicyclic) bond motifs is 1. The Bertz CT molecular complexity index is 1120. The lowest BCUT2D eigenvalue weighted by Crippen LogP contribution is -2.30. The summed E-state index contributed by atoms with van der Waals surface area (Å²) in [6.07, 6.45) is 1.77. The molecule has 7 nitrogen and oxygen atoms in total. The highest BCUT2D eigenvalue weighted by molar-refractivity contribution is 7.89. The van der Waals surface area contributed by atoms with Gasteiger partial charge in [-0.3, -0.25) is 15.6 Å². The molecule has 1 aliphatic rings. The number of anilines is 1. The summed E-state index contributed by atoms with van der Waals surface area (Å²) in [7, 11) is -3.48. The van der Waals surface area contributed by atoms with E-state index in [9.17, 15) is 13.2 Å². The Morgan fingerprint density at radius 2 is 1.82 bits per heavy atom. The number of aromatic nitrogens is 1. The molecule has 2 heterocycles. The molecule has 0 radical (unpaired) electrons. The highest BCUT2D eigenvalue weighted by Gasteiger charge is 2.27. The predicted molar refractivity (Wildman–Crippen MR) is 110 cm³/mol. The topological polar surface area (TPSA) is 91.4 Å². The Balaban J connectivity index is 1.44. The molecule has 1 saturated heterocycles. The first-order chi connectivity index (χ1) is 13.4. The van der Waals surface area contributed by atoms with Crippen molar-refractivity contribution in [3.8, 4) is 0 Å². The Kier molecular flexibility index (Phi) is 5.05. The van der Waals surface area contributed by atoms with E-state index in [0.29, 0.717) is 23.8 Å². The predicted octanol–water partition coefficient (Wildman–Crippen LogP) is 3.15. The number of nitrogens with zero attached hydrogens (tertiary/aromatic N) is 2. The summed E-state index contributed by atoms with van der Waals surface area (Å²) in [5, 5.41) is 0.589. The van der Waals surface area contributed by atoms with Crippen LogP contribution in [0.15, 0.2) is 47.4 Å². The zero-order valence-electron chi connectivity index (χ0n) is 15.3. The summed E-state index contributed by atoms with van der Waals surface area (Å²) in [5.41, 5.74) is 7.78. The van der Waals surface area contributed by atoms with Gasteiger partial charge in [-0.1, -0.05) is 23.5 Å². The molecule has 4 rings (SSSR count). The van der Waals surface area contributed by atoms with Crippen molar-refractivity contribution >= 4 is 42.6 Å². The van der Waals surface area contributed by atoms with Crippen molar-refractivity contribution in [2.75, 3.05) is 18.5 Å². The third-order valence-corrected chi connectivity index (χ3v) is 7.57. The number of carbonyl (C=O) groups is 1. The average molecular weight is 417 g/mol. The van der Waals surface area contributed by atoms with E-state index in [0.717, 1.165) is 28.6 Å². The van der Waals surface area contributed by atoms with E-state index in [1.807, 2.05) is 25.1 Å². The summed E-state index contributed by atoms with van der Waals surface area (Å²) < 4.78 is 27.6. The number of hydrogen-bond donors (Lipinski definition) is 2. The number of aryl methyl sites for hydroxylation is 1. The molecular weight excluding hydrogens is 396 g/mol. The molecule has 9 heteroatoms. The Labute approximate surface area is 167 Å². The number of hydrazine groups is 1. The molecule has 0 aliphatic carbocycles. The van der Waals surface area contributed by atoms with Crippen molar-refractivity contribution in [3.05, 3.63) is 53.6 Å². The first-order valence-electron chi connectivity index (χ1n) is 8.98. The molecule has 0 bridgehead atoms. The number of nitrogens with one attached hydrogen (secondary N) is 2. The first kappa shape index (κ1) is 18.9. The highest BCUT2D eigenvalue weighted by Crippen LogP contribution is 2.27. The lowest BCUT2D eigenvalue weighted by atomic mass is 10.2. The molecule has 2 aromatic carbocycles. The minimum atomic E-state index is -3.48. The number of para-hydroxylation sites is 1. The van der Waals surface area contributed by atoms with Gasteiger partial charge < -0.3 is 0 Å². The lowest BCUT2D eigenvalue weighted by Gasteiger charge is -2.15. The van der Waals surface area contributed by atoms with Crippen molar-refractivity contribution in [3.63, 3.8) is 0 Å². The monoisotopic (exact) mass is 416 g/mol. The number of rotatable bonds is 5. The molecule has 0 spiro atoms. The number of thiazole rings is 1.